The summed E-state index contributed by atoms with van der Waals surface area (Å²) in [5, 5.41) is 0. The number of ether oxygens (including phenoxy) is 3. The lowest BCUT2D eigenvalue weighted by Gasteiger charge is -2.03. The third-order valence-corrected chi connectivity index (χ3v) is 3.15. The topological polar surface area (TPSA) is 75.0 Å². The Labute approximate surface area is 127 Å². The molecule has 0 aliphatic carbocycles. The standard InChI is InChI=1S/C16H16O6/c1-9-5-7-10(8-6-9)13-11(14(17)19-2)12(15(18)20-3)16(21-4)22-13/h5-8H,1-4H3. The normalized spacial score (nSPS) is 10.2. The van der Waals surface area contributed by atoms with E-state index in [2.05, 4.69) is 0 Å². The lowest BCUT2D eigenvalue weighted by molar-refractivity contribution is 0.0554. The van der Waals surface area contributed by atoms with Crippen LogP contribution in [0, 0.1) is 6.92 Å². The molecule has 0 atom stereocenters. The molecule has 0 radical (unpaired) electrons. The van der Waals surface area contributed by atoms with Crippen molar-refractivity contribution in [3.8, 4) is 17.3 Å². The van der Waals surface area contributed by atoms with Crippen LogP contribution in [-0.4, -0.2) is 33.3 Å². The van der Waals surface area contributed by atoms with Crippen molar-refractivity contribution >= 4 is 11.9 Å². The molecule has 1 aromatic heterocycles. The second-order valence-corrected chi connectivity index (χ2v) is 4.52. The van der Waals surface area contributed by atoms with Crippen LogP contribution >= 0.6 is 0 Å². The second kappa shape index (κ2) is 6.34. The number of rotatable bonds is 4. The van der Waals surface area contributed by atoms with Crippen LogP contribution in [0.25, 0.3) is 11.3 Å². The summed E-state index contributed by atoms with van der Waals surface area (Å²) in [6, 6.07) is 7.29. The number of hydrogen-bond acceptors (Lipinski definition) is 6. The third-order valence-electron chi connectivity index (χ3n) is 3.15. The molecule has 6 nitrogen and oxygen atoms in total. The van der Waals surface area contributed by atoms with Crippen molar-refractivity contribution in [2.24, 2.45) is 0 Å². The van der Waals surface area contributed by atoms with Crippen LogP contribution in [0.2, 0.25) is 0 Å². The van der Waals surface area contributed by atoms with Crippen LogP contribution in [0.1, 0.15) is 26.3 Å². The predicted molar refractivity (Wildman–Crippen MR) is 78.1 cm³/mol. The molecule has 116 valence electrons. The molecular weight excluding hydrogens is 288 g/mol. The van der Waals surface area contributed by atoms with Crippen molar-refractivity contribution < 1.29 is 28.2 Å². The molecule has 2 aromatic rings. The molecule has 22 heavy (non-hydrogen) atoms. The average molecular weight is 304 g/mol. The number of esters is 2. The summed E-state index contributed by atoms with van der Waals surface area (Å²) in [6.07, 6.45) is 0. The van der Waals surface area contributed by atoms with Gasteiger partial charge in [-0.2, -0.15) is 0 Å². The molecule has 6 heteroatoms. The lowest BCUT2D eigenvalue weighted by atomic mass is 10.0. The quantitative estimate of drug-likeness (QED) is 0.809. The minimum Gasteiger partial charge on any atom is -0.468 e. The fraction of sp³-hybridized carbons (Fsp3) is 0.250. The van der Waals surface area contributed by atoms with Gasteiger partial charge in [0.15, 0.2) is 11.3 Å². The minimum atomic E-state index is -0.737. The third kappa shape index (κ3) is 2.67. The van der Waals surface area contributed by atoms with Crippen LogP contribution in [0.3, 0.4) is 0 Å². The number of benzene rings is 1. The summed E-state index contributed by atoms with van der Waals surface area (Å²) >= 11 is 0. The van der Waals surface area contributed by atoms with E-state index in [1.165, 1.54) is 21.3 Å². The first kappa shape index (κ1) is 15.6. The number of carbonyl (C=O) groups is 2. The van der Waals surface area contributed by atoms with Gasteiger partial charge in [-0.1, -0.05) is 29.8 Å². The Morgan fingerprint density at radius 3 is 1.95 bits per heavy atom. The molecule has 0 bridgehead atoms. The van der Waals surface area contributed by atoms with Crippen LogP contribution in [0.5, 0.6) is 5.95 Å². The van der Waals surface area contributed by atoms with Crippen LogP contribution < -0.4 is 4.74 Å². The highest BCUT2D eigenvalue weighted by molar-refractivity contribution is 6.08. The SMILES string of the molecule is COC(=O)c1c(OC)oc(-c2ccc(C)cc2)c1C(=O)OC. The Bertz CT molecular complexity index is 696. The molecule has 0 aliphatic heterocycles. The van der Waals surface area contributed by atoms with Gasteiger partial charge in [0.2, 0.25) is 0 Å². The Morgan fingerprint density at radius 1 is 0.909 bits per heavy atom. The van der Waals surface area contributed by atoms with Crippen LogP contribution in [0.15, 0.2) is 28.7 Å². The van der Waals surface area contributed by atoms with Crippen molar-refractivity contribution in [2.45, 2.75) is 6.92 Å². The molecule has 0 saturated heterocycles. The molecule has 0 amide bonds. The van der Waals surface area contributed by atoms with Gasteiger partial charge in [0.25, 0.3) is 0 Å². The zero-order valence-electron chi connectivity index (χ0n) is 12.8. The first-order chi connectivity index (χ1) is 10.5. The van der Waals surface area contributed by atoms with E-state index in [9.17, 15) is 9.59 Å². The number of furan rings is 1. The Balaban J connectivity index is 2.72. The maximum Gasteiger partial charge on any atom is 0.346 e. The van der Waals surface area contributed by atoms with Crippen molar-refractivity contribution in [1.82, 2.24) is 0 Å². The van der Waals surface area contributed by atoms with E-state index < -0.39 is 11.9 Å². The minimum absolute atomic E-state index is 0.0185. The fourth-order valence-electron chi connectivity index (χ4n) is 2.05. The highest BCUT2D eigenvalue weighted by atomic mass is 16.6. The van der Waals surface area contributed by atoms with Gasteiger partial charge in [-0.3, -0.25) is 0 Å². The Morgan fingerprint density at radius 2 is 1.45 bits per heavy atom. The van der Waals surface area contributed by atoms with Gasteiger partial charge >= 0.3 is 17.9 Å². The first-order valence-electron chi connectivity index (χ1n) is 6.47. The molecule has 0 N–H and O–H groups in total. The van der Waals surface area contributed by atoms with Gasteiger partial charge < -0.3 is 18.6 Å². The molecule has 1 aromatic carbocycles. The fourth-order valence-corrected chi connectivity index (χ4v) is 2.05. The predicted octanol–water partition coefficient (Wildman–Crippen LogP) is 2.84. The highest BCUT2D eigenvalue weighted by Crippen LogP contribution is 2.37. The molecule has 0 spiro atoms. The number of hydrogen-bond donors (Lipinski definition) is 0. The van der Waals surface area contributed by atoms with E-state index in [0.717, 1.165) is 5.56 Å². The van der Waals surface area contributed by atoms with Crippen molar-refractivity contribution in [1.29, 1.82) is 0 Å². The first-order valence-corrected chi connectivity index (χ1v) is 6.47. The summed E-state index contributed by atoms with van der Waals surface area (Å²) in [7, 11) is 3.77. The lowest BCUT2D eigenvalue weighted by Crippen LogP contribution is -2.11. The van der Waals surface area contributed by atoms with Crippen molar-refractivity contribution in [2.75, 3.05) is 21.3 Å². The average Bonchev–Trinajstić information content (AvgIpc) is 2.93. The molecule has 0 unspecified atom stereocenters. The monoisotopic (exact) mass is 304 g/mol. The number of aryl methyl sites for hydroxylation is 1. The second-order valence-electron chi connectivity index (χ2n) is 4.52. The smallest absolute Gasteiger partial charge is 0.346 e. The summed E-state index contributed by atoms with van der Waals surface area (Å²) in [5.74, 6) is -1.34. The van der Waals surface area contributed by atoms with Crippen molar-refractivity contribution in [3.05, 3.63) is 41.0 Å². The number of carbonyl (C=O) groups excluding carboxylic acids is 2. The van der Waals surface area contributed by atoms with E-state index in [1.54, 1.807) is 12.1 Å². The Kier molecular flexibility index (Phi) is 4.50. The van der Waals surface area contributed by atoms with E-state index >= 15 is 0 Å². The van der Waals surface area contributed by atoms with Crippen molar-refractivity contribution in [3.63, 3.8) is 0 Å². The van der Waals surface area contributed by atoms with E-state index in [-0.39, 0.29) is 22.8 Å². The van der Waals surface area contributed by atoms with Gasteiger partial charge in [0.05, 0.1) is 21.3 Å². The molecule has 0 saturated carbocycles. The van der Waals surface area contributed by atoms with Crippen LogP contribution in [-0.2, 0) is 9.47 Å². The van der Waals surface area contributed by atoms with Gasteiger partial charge in [-0.15, -0.1) is 0 Å². The Hall–Kier alpha value is -2.76. The van der Waals surface area contributed by atoms with E-state index in [4.69, 9.17) is 18.6 Å². The largest absolute Gasteiger partial charge is 0.468 e. The summed E-state index contributed by atoms with van der Waals surface area (Å²) in [6.45, 7) is 1.94. The van der Waals surface area contributed by atoms with Gasteiger partial charge in [0, 0.05) is 5.56 Å². The molecule has 0 aliphatic rings. The zero-order valence-corrected chi connectivity index (χ0v) is 12.8. The van der Waals surface area contributed by atoms with Gasteiger partial charge in [0.1, 0.15) is 5.56 Å². The molecule has 2 rings (SSSR count). The van der Waals surface area contributed by atoms with Gasteiger partial charge in [-0.05, 0) is 6.92 Å². The zero-order chi connectivity index (χ0) is 16.3. The summed E-state index contributed by atoms with van der Waals surface area (Å²) in [4.78, 5) is 24.1. The maximum atomic E-state index is 12.1. The van der Waals surface area contributed by atoms with Crippen LogP contribution in [0.4, 0.5) is 0 Å². The van der Waals surface area contributed by atoms with E-state index in [0.29, 0.717) is 5.56 Å². The summed E-state index contributed by atoms with van der Waals surface area (Å²) < 4.78 is 20.0. The maximum absolute atomic E-state index is 12.1. The van der Waals surface area contributed by atoms with E-state index in [1.807, 2.05) is 19.1 Å². The molecular formula is C16H16O6. The highest BCUT2D eigenvalue weighted by Gasteiger charge is 2.33. The molecule has 0 fully saturated rings. The molecule has 1 heterocycles. The number of methoxy groups -OCH3 is 3. The van der Waals surface area contributed by atoms with Gasteiger partial charge in [-0.25, -0.2) is 9.59 Å². The summed E-state index contributed by atoms with van der Waals surface area (Å²) in [5.41, 5.74) is 1.57.